The lowest BCUT2D eigenvalue weighted by Crippen LogP contribution is -2.12. The molecule has 3 N–H and O–H groups in total. The highest BCUT2D eigenvalue weighted by Gasteiger charge is 2.07. The van der Waals surface area contributed by atoms with E-state index in [-0.39, 0.29) is 5.56 Å². The molecule has 0 aromatic heterocycles. The number of hydrogen-bond donors (Lipinski definition) is 2. The standard InChI is InChI=1S/C15H14BrFN2O/c1-9-6-12(4-5-13(9)16)19-8-11-3-2-10(15(18)20)7-14(11)17/h2-7,19H,8H2,1H3,(H2,18,20). The Morgan fingerprint density at radius 1 is 1.30 bits per heavy atom. The van der Waals surface area contributed by atoms with E-state index >= 15 is 0 Å². The third-order valence-electron chi connectivity index (χ3n) is 2.98. The van der Waals surface area contributed by atoms with Crippen molar-refractivity contribution in [1.29, 1.82) is 0 Å². The molecule has 5 heteroatoms. The zero-order chi connectivity index (χ0) is 14.7. The minimum Gasteiger partial charge on any atom is -0.381 e. The predicted molar refractivity (Wildman–Crippen MR) is 81.1 cm³/mol. The summed E-state index contributed by atoms with van der Waals surface area (Å²) in [5, 5.41) is 3.14. The number of aryl methyl sites for hydroxylation is 1. The number of amides is 1. The van der Waals surface area contributed by atoms with Crippen LogP contribution in [0.15, 0.2) is 40.9 Å². The van der Waals surface area contributed by atoms with Gasteiger partial charge in [-0.25, -0.2) is 4.39 Å². The molecule has 0 fully saturated rings. The van der Waals surface area contributed by atoms with Crippen LogP contribution in [0.5, 0.6) is 0 Å². The van der Waals surface area contributed by atoms with E-state index in [1.54, 1.807) is 6.07 Å². The van der Waals surface area contributed by atoms with Gasteiger partial charge in [-0.2, -0.15) is 0 Å². The third-order valence-corrected chi connectivity index (χ3v) is 3.87. The Balaban J connectivity index is 2.10. The Morgan fingerprint density at radius 2 is 2.05 bits per heavy atom. The summed E-state index contributed by atoms with van der Waals surface area (Å²) in [5.74, 6) is -1.07. The normalized spacial score (nSPS) is 10.3. The fourth-order valence-corrected chi connectivity index (χ4v) is 2.04. The monoisotopic (exact) mass is 336 g/mol. The number of carbonyl (C=O) groups is 1. The molecule has 1 amide bonds. The quantitative estimate of drug-likeness (QED) is 0.896. The van der Waals surface area contributed by atoms with E-state index in [1.807, 2.05) is 25.1 Å². The highest BCUT2D eigenvalue weighted by atomic mass is 79.9. The molecule has 0 unspecified atom stereocenters. The van der Waals surface area contributed by atoms with Crippen molar-refractivity contribution >= 4 is 27.5 Å². The molecular formula is C15H14BrFN2O. The van der Waals surface area contributed by atoms with Gasteiger partial charge >= 0.3 is 0 Å². The second-order valence-electron chi connectivity index (χ2n) is 4.49. The molecule has 0 aliphatic carbocycles. The third kappa shape index (κ3) is 3.36. The Kier molecular flexibility index (Phi) is 4.39. The Hall–Kier alpha value is -1.88. The highest BCUT2D eigenvalue weighted by molar-refractivity contribution is 9.10. The van der Waals surface area contributed by atoms with Gasteiger partial charge in [0, 0.05) is 27.8 Å². The van der Waals surface area contributed by atoms with Gasteiger partial charge in [-0.15, -0.1) is 0 Å². The van der Waals surface area contributed by atoms with Gasteiger partial charge in [0.15, 0.2) is 0 Å². The number of carbonyl (C=O) groups excluding carboxylic acids is 1. The van der Waals surface area contributed by atoms with Gasteiger partial charge in [-0.3, -0.25) is 4.79 Å². The molecule has 2 rings (SSSR count). The van der Waals surface area contributed by atoms with Crippen LogP contribution in [-0.4, -0.2) is 5.91 Å². The zero-order valence-corrected chi connectivity index (χ0v) is 12.5. The molecule has 0 atom stereocenters. The molecule has 0 saturated carbocycles. The van der Waals surface area contributed by atoms with Crippen molar-refractivity contribution in [3.63, 3.8) is 0 Å². The van der Waals surface area contributed by atoms with Crippen LogP contribution in [0.4, 0.5) is 10.1 Å². The van der Waals surface area contributed by atoms with Crippen LogP contribution in [-0.2, 0) is 6.54 Å². The van der Waals surface area contributed by atoms with Gasteiger partial charge in [0.05, 0.1) is 0 Å². The molecule has 104 valence electrons. The number of nitrogens with one attached hydrogen (secondary N) is 1. The maximum absolute atomic E-state index is 13.8. The summed E-state index contributed by atoms with van der Waals surface area (Å²) in [6.07, 6.45) is 0. The smallest absolute Gasteiger partial charge is 0.248 e. The second kappa shape index (κ2) is 6.05. The van der Waals surface area contributed by atoms with Crippen LogP contribution in [0.2, 0.25) is 0 Å². The van der Waals surface area contributed by atoms with Crippen molar-refractivity contribution < 1.29 is 9.18 Å². The van der Waals surface area contributed by atoms with Crippen molar-refractivity contribution in [3.8, 4) is 0 Å². The highest BCUT2D eigenvalue weighted by Crippen LogP contribution is 2.21. The molecule has 0 aliphatic rings. The SMILES string of the molecule is Cc1cc(NCc2ccc(C(N)=O)cc2F)ccc1Br. The molecule has 20 heavy (non-hydrogen) atoms. The van der Waals surface area contributed by atoms with E-state index in [2.05, 4.69) is 21.2 Å². The minimum atomic E-state index is -0.632. The van der Waals surface area contributed by atoms with Crippen LogP contribution in [0, 0.1) is 12.7 Å². The van der Waals surface area contributed by atoms with E-state index in [1.165, 1.54) is 6.07 Å². The number of nitrogens with two attached hydrogens (primary N) is 1. The molecule has 0 aliphatic heterocycles. The summed E-state index contributed by atoms with van der Waals surface area (Å²) < 4.78 is 14.8. The fraction of sp³-hybridized carbons (Fsp3) is 0.133. The molecule has 0 heterocycles. The van der Waals surface area contributed by atoms with E-state index in [0.29, 0.717) is 12.1 Å². The van der Waals surface area contributed by atoms with E-state index < -0.39 is 11.7 Å². The Morgan fingerprint density at radius 3 is 2.65 bits per heavy atom. The molecule has 0 saturated heterocycles. The average molecular weight is 337 g/mol. The topological polar surface area (TPSA) is 55.1 Å². The van der Waals surface area contributed by atoms with Crippen LogP contribution in [0.3, 0.4) is 0 Å². The lowest BCUT2D eigenvalue weighted by Gasteiger charge is -2.09. The Labute approximate surface area is 125 Å². The van der Waals surface area contributed by atoms with Gasteiger partial charge in [-0.1, -0.05) is 22.0 Å². The number of benzene rings is 2. The summed E-state index contributed by atoms with van der Waals surface area (Å²) in [7, 11) is 0. The minimum absolute atomic E-state index is 0.172. The van der Waals surface area contributed by atoms with Crippen LogP contribution in [0.25, 0.3) is 0 Å². The summed E-state index contributed by atoms with van der Waals surface area (Å²) in [4.78, 5) is 10.9. The van der Waals surface area contributed by atoms with Gasteiger partial charge in [-0.05, 0) is 42.8 Å². The molecule has 0 radical (unpaired) electrons. The number of halogens is 2. The average Bonchev–Trinajstić information content (AvgIpc) is 2.41. The summed E-state index contributed by atoms with van der Waals surface area (Å²) in [6, 6.07) is 10.1. The molecule has 3 nitrogen and oxygen atoms in total. The first-order chi connectivity index (χ1) is 9.47. The van der Waals surface area contributed by atoms with Gasteiger partial charge in [0.1, 0.15) is 5.82 Å². The zero-order valence-electron chi connectivity index (χ0n) is 10.9. The summed E-state index contributed by atoms with van der Waals surface area (Å²) in [5.41, 5.74) is 7.76. The summed E-state index contributed by atoms with van der Waals surface area (Å²) >= 11 is 3.43. The van der Waals surface area contributed by atoms with Crippen molar-refractivity contribution in [1.82, 2.24) is 0 Å². The number of anilines is 1. The van der Waals surface area contributed by atoms with Gasteiger partial charge < -0.3 is 11.1 Å². The van der Waals surface area contributed by atoms with Crippen LogP contribution in [0.1, 0.15) is 21.5 Å². The van der Waals surface area contributed by atoms with Crippen molar-refractivity contribution in [3.05, 3.63) is 63.4 Å². The fourth-order valence-electron chi connectivity index (χ4n) is 1.80. The first-order valence-corrected chi connectivity index (χ1v) is 6.85. The lowest BCUT2D eigenvalue weighted by atomic mass is 10.1. The van der Waals surface area contributed by atoms with E-state index in [4.69, 9.17) is 5.73 Å². The van der Waals surface area contributed by atoms with E-state index in [9.17, 15) is 9.18 Å². The largest absolute Gasteiger partial charge is 0.381 e. The second-order valence-corrected chi connectivity index (χ2v) is 5.34. The lowest BCUT2D eigenvalue weighted by molar-refractivity contribution is 0.1000. The number of rotatable bonds is 4. The predicted octanol–water partition coefficient (Wildman–Crippen LogP) is 3.61. The molecular weight excluding hydrogens is 323 g/mol. The van der Waals surface area contributed by atoms with Crippen molar-refractivity contribution in [2.75, 3.05) is 5.32 Å². The van der Waals surface area contributed by atoms with Crippen molar-refractivity contribution in [2.24, 2.45) is 5.73 Å². The van der Waals surface area contributed by atoms with Crippen molar-refractivity contribution in [2.45, 2.75) is 13.5 Å². The van der Waals surface area contributed by atoms with Crippen LogP contribution < -0.4 is 11.1 Å². The Bertz CT molecular complexity index is 658. The van der Waals surface area contributed by atoms with Crippen LogP contribution >= 0.6 is 15.9 Å². The molecule has 2 aromatic rings. The first-order valence-electron chi connectivity index (χ1n) is 6.05. The summed E-state index contributed by atoms with van der Waals surface area (Å²) in [6.45, 7) is 2.32. The van der Waals surface area contributed by atoms with Gasteiger partial charge in [0.2, 0.25) is 5.91 Å². The first kappa shape index (κ1) is 14.5. The molecule has 0 bridgehead atoms. The number of primary amides is 1. The van der Waals surface area contributed by atoms with E-state index in [0.717, 1.165) is 21.8 Å². The maximum atomic E-state index is 13.8. The maximum Gasteiger partial charge on any atom is 0.248 e. The van der Waals surface area contributed by atoms with Gasteiger partial charge in [0.25, 0.3) is 0 Å². The number of hydrogen-bond acceptors (Lipinski definition) is 2. The molecule has 0 spiro atoms. The molecule has 2 aromatic carbocycles.